The number of benzene rings is 2. The van der Waals surface area contributed by atoms with Gasteiger partial charge in [-0.05, 0) is 24.7 Å². The van der Waals surface area contributed by atoms with Crippen molar-refractivity contribution in [2.75, 3.05) is 39.8 Å². The van der Waals surface area contributed by atoms with Gasteiger partial charge in [-0.25, -0.2) is 10.3 Å². The minimum atomic E-state index is -0.601. The largest absolute Gasteiger partial charge is 0.491 e. The number of carbonyl (C=O) groups excluding carboxylic acids is 2. The van der Waals surface area contributed by atoms with Gasteiger partial charge >= 0.3 is 6.03 Å². The van der Waals surface area contributed by atoms with Gasteiger partial charge in [-0.15, -0.1) is 0 Å². The molecule has 8 nitrogen and oxygen atoms in total. The standard InChI is InChI=1S/C22H26N4O4.H2S/c1-24-9-11-25(12-10-24)22(28)26-14-18-8-7-17(21(27)23-29)13-20(18)30-15-19(26)16-5-3-2-4-6-16;/h2-8,13,19,29H,9-12,14-15H2,1H3,(H,23,27);1H2/t19-;/m1./s1. The van der Waals surface area contributed by atoms with Crippen molar-refractivity contribution in [2.45, 2.75) is 12.6 Å². The van der Waals surface area contributed by atoms with Gasteiger partial charge in [0.15, 0.2) is 0 Å². The van der Waals surface area contributed by atoms with E-state index in [-0.39, 0.29) is 32.2 Å². The number of urea groups is 1. The fourth-order valence-corrected chi connectivity index (χ4v) is 3.91. The molecule has 31 heavy (non-hydrogen) atoms. The number of carbonyl (C=O) groups is 2. The highest BCUT2D eigenvalue weighted by Gasteiger charge is 2.33. The number of piperazine rings is 1. The maximum absolute atomic E-state index is 13.5. The Bertz CT molecular complexity index is 919. The molecule has 2 aliphatic rings. The lowest BCUT2D eigenvalue weighted by Gasteiger charge is -2.38. The van der Waals surface area contributed by atoms with E-state index in [1.54, 1.807) is 23.7 Å². The van der Waals surface area contributed by atoms with Gasteiger partial charge in [0.1, 0.15) is 12.4 Å². The van der Waals surface area contributed by atoms with Crippen molar-refractivity contribution in [3.8, 4) is 5.75 Å². The van der Waals surface area contributed by atoms with Crippen molar-refractivity contribution in [1.82, 2.24) is 20.2 Å². The van der Waals surface area contributed by atoms with Gasteiger partial charge in [-0.2, -0.15) is 13.5 Å². The van der Waals surface area contributed by atoms with Crippen molar-refractivity contribution < 1.29 is 19.5 Å². The van der Waals surface area contributed by atoms with Gasteiger partial charge in [-0.1, -0.05) is 36.4 Å². The van der Waals surface area contributed by atoms with Crippen LogP contribution in [0.4, 0.5) is 4.79 Å². The van der Waals surface area contributed by atoms with Crippen molar-refractivity contribution in [3.63, 3.8) is 0 Å². The van der Waals surface area contributed by atoms with Crippen LogP contribution < -0.4 is 10.2 Å². The van der Waals surface area contributed by atoms with E-state index in [0.29, 0.717) is 30.9 Å². The molecule has 0 aliphatic carbocycles. The number of likely N-dealkylation sites (N-methyl/N-ethyl adjacent to an activating group) is 1. The minimum absolute atomic E-state index is 0. The average Bonchev–Trinajstić information content (AvgIpc) is 2.98. The van der Waals surface area contributed by atoms with Crippen molar-refractivity contribution in [2.24, 2.45) is 0 Å². The fourth-order valence-electron chi connectivity index (χ4n) is 3.91. The van der Waals surface area contributed by atoms with E-state index < -0.39 is 5.91 Å². The summed E-state index contributed by atoms with van der Waals surface area (Å²) in [5, 5.41) is 8.91. The number of amides is 3. The summed E-state index contributed by atoms with van der Waals surface area (Å²) in [7, 11) is 2.06. The lowest BCUT2D eigenvalue weighted by Crippen LogP contribution is -2.52. The third-order valence-corrected chi connectivity index (χ3v) is 5.75. The van der Waals surface area contributed by atoms with Crippen molar-refractivity contribution in [3.05, 3.63) is 65.2 Å². The Kier molecular flexibility index (Phi) is 7.42. The molecule has 2 aromatic rings. The molecule has 0 aromatic heterocycles. The topological polar surface area (TPSA) is 85.4 Å². The molecule has 2 aromatic carbocycles. The van der Waals surface area contributed by atoms with Crippen LogP contribution in [0, 0.1) is 0 Å². The molecule has 3 amide bonds. The average molecular weight is 445 g/mol. The third kappa shape index (κ3) is 4.95. The van der Waals surface area contributed by atoms with Crippen LogP contribution in [0.15, 0.2) is 48.5 Å². The van der Waals surface area contributed by atoms with Gasteiger partial charge in [0.05, 0.1) is 12.6 Å². The first-order chi connectivity index (χ1) is 14.6. The molecule has 2 aliphatic heterocycles. The predicted molar refractivity (Wildman–Crippen MR) is 121 cm³/mol. The molecule has 1 saturated heterocycles. The summed E-state index contributed by atoms with van der Waals surface area (Å²) in [5.41, 5.74) is 3.77. The summed E-state index contributed by atoms with van der Waals surface area (Å²) in [4.78, 5) is 31.3. The number of ether oxygens (including phenoxy) is 1. The van der Waals surface area contributed by atoms with E-state index in [4.69, 9.17) is 9.94 Å². The second kappa shape index (κ2) is 10.0. The highest BCUT2D eigenvalue weighted by Crippen LogP contribution is 2.33. The van der Waals surface area contributed by atoms with Crippen LogP contribution >= 0.6 is 13.5 Å². The van der Waals surface area contributed by atoms with Crippen LogP contribution in [0.2, 0.25) is 0 Å². The molecule has 0 radical (unpaired) electrons. The minimum Gasteiger partial charge on any atom is -0.491 e. The first-order valence-corrected chi connectivity index (χ1v) is 10.1. The molecule has 2 heterocycles. The van der Waals surface area contributed by atoms with Crippen molar-refractivity contribution in [1.29, 1.82) is 0 Å². The monoisotopic (exact) mass is 444 g/mol. The van der Waals surface area contributed by atoms with Crippen LogP contribution in [0.3, 0.4) is 0 Å². The normalized spacial score (nSPS) is 18.8. The molecule has 9 heteroatoms. The first-order valence-electron chi connectivity index (χ1n) is 10.1. The smallest absolute Gasteiger partial charge is 0.321 e. The zero-order valence-electron chi connectivity index (χ0n) is 17.5. The van der Waals surface area contributed by atoms with Gasteiger partial charge in [0.25, 0.3) is 5.91 Å². The van der Waals surface area contributed by atoms with E-state index in [1.807, 2.05) is 40.1 Å². The molecule has 0 saturated carbocycles. The van der Waals surface area contributed by atoms with Gasteiger partial charge in [0.2, 0.25) is 0 Å². The van der Waals surface area contributed by atoms with Gasteiger partial charge < -0.3 is 19.4 Å². The molecular formula is C22H28N4O4S. The number of hydrogen-bond donors (Lipinski definition) is 2. The number of hydroxylamine groups is 1. The Balaban J connectivity index is 0.00000272. The Morgan fingerprint density at radius 2 is 1.77 bits per heavy atom. The SMILES string of the molecule is CN1CCN(C(=O)N2Cc3ccc(C(=O)NO)cc3OC[C@@H]2c2ccccc2)CC1.S. The molecule has 1 fully saturated rings. The summed E-state index contributed by atoms with van der Waals surface area (Å²) in [6, 6.07) is 14.6. The highest BCUT2D eigenvalue weighted by atomic mass is 32.1. The Hall–Kier alpha value is -2.75. The van der Waals surface area contributed by atoms with Crippen LogP contribution in [0.25, 0.3) is 0 Å². The quantitative estimate of drug-likeness (QED) is 0.548. The molecular weight excluding hydrogens is 416 g/mol. The Morgan fingerprint density at radius 1 is 1.06 bits per heavy atom. The number of nitrogens with one attached hydrogen (secondary N) is 1. The number of fused-ring (bicyclic) bond motifs is 1. The highest BCUT2D eigenvalue weighted by molar-refractivity contribution is 7.59. The van der Waals surface area contributed by atoms with Crippen LogP contribution in [0.5, 0.6) is 5.75 Å². The maximum Gasteiger partial charge on any atom is 0.321 e. The summed E-state index contributed by atoms with van der Waals surface area (Å²) in [6.07, 6.45) is 0. The molecule has 4 rings (SSSR count). The predicted octanol–water partition coefficient (Wildman–Crippen LogP) is 2.22. The first kappa shape index (κ1) is 22.9. The summed E-state index contributed by atoms with van der Waals surface area (Å²) >= 11 is 0. The van der Waals surface area contributed by atoms with Crippen LogP contribution in [-0.4, -0.2) is 71.7 Å². The lowest BCUT2D eigenvalue weighted by atomic mass is 10.1. The third-order valence-electron chi connectivity index (χ3n) is 5.75. The van der Waals surface area contributed by atoms with Gasteiger partial charge in [0, 0.05) is 37.3 Å². The van der Waals surface area contributed by atoms with E-state index in [2.05, 4.69) is 11.9 Å². The zero-order chi connectivity index (χ0) is 21.1. The summed E-state index contributed by atoms with van der Waals surface area (Å²) < 4.78 is 6.05. The second-order valence-corrected chi connectivity index (χ2v) is 7.70. The molecule has 166 valence electrons. The second-order valence-electron chi connectivity index (χ2n) is 7.70. The molecule has 0 unspecified atom stereocenters. The van der Waals surface area contributed by atoms with E-state index in [0.717, 1.165) is 24.2 Å². The number of nitrogens with zero attached hydrogens (tertiary/aromatic N) is 3. The molecule has 0 bridgehead atoms. The maximum atomic E-state index is 13.5. The fraction of sp³-hybridized carbons (Fsp3) is 0.364. The Morgan fingerprint density at radius 3 is 2.45 bits per heavy atom. The lowest BCUT2D eigenvalue weighted by molar-refractivity contribution is 0.0706. The zero-order valence-corrected chi connectivity index (χ0v) is 18.5. The van der Waals surface area contributed by atoms with E-state index >= 15 is 0 Å². The number of rotatable bonds is 2. The summed E-state index contributed by atoms with van der Waals surface area (Å²) in [5.74, 6) is -0.0543. The van der Waals surface area contributed by atoms with Gasteiger partial charge in [-0.3, -0.25) is 10.0 Å². The van der Waals surface area contributed by atoms with Crippen molar-refractivity contribution >= 4 is 25.4 Å². The van der Waals surface area contributed by atoms with Crippen LogP contribution in [-0.2, 0) is 6.54 Å². The molecule has 1 atom stereocenters. The summed E-state index contributed by atoms with van der Waals surface area (Å²) in [6.45, 7) is 3.74. The van der Waals surface area contributed by atoms with E-state index in [1.165, 1.54) is 0 Å². The van der Waals surface area contributed by atoms with Crippen LogP contribution in [0.1, 0.15) is 27.5 Å². The number of hydrogen-bond acceptors (Lipinski definition) is 5. The molecule has 0 spiro atoms. The molecule has 2 N–H and O–H groups in total. The van der Waals surface area contributed by atoms with E-state index in [9.17, 15) is 9.59 Å². The Labute approximate surface area is 188 Å².